The van der Waals surface area contributed by atoms with Crippen molar-refractivity contribution in [2.75, 3.05) is 10.8 Å². The molecule has 0 spiro atoms. The number of anilines is 1. The fraction of sp³-hybridized carbons (Fsp3) is 0.235. The van der Waals surface area contributed by atoms with Crippen molar-refractivity contribution in [3.05, 3.63) is 60.4 Å². The molecule has 146 valence electrons. The minimum absolute atomic E-state index is 0.0603. The summed E-state index contributed by atoms with van der Waals surface area (Å²) in [6.45, 7) is -0.450. The topological polar surface area (TPSA) is 66.5 Å². The van der Waals surface area contributed by atoms with Gasteiger partial charge >= 0.3 is 6.18 Å². The van der Waals surface area contributed by atoms with Gasteiger partial charge in [-0.3, -0.25) is 9.10 Å². The monoisotopic (exact) mass is 404 g/mol. The van der Waals surface area contributed by atoms with Crippen LogP contribution in [0.3, 0.4) is 0 Å². The third-order valence-corrected chi connectivity index (χ3v) is 5.49. The van der Waals surface area contributed by atoms with Gasteiger partial charge in [-0.25, -0.2) is 12.8 Å². The molecule has 1 N–H and O–H groups in total. The Labute approximate surface area is 153 Å². The number of rotatable bonds is 6. The van der Waals surface area contributed by atoms with Crippen LogP contribution in [0.4, 0.5) is 23.2 Å². The van der Waals surface area contributed by atoms with Crippen LogP contribution < -0.4 is 9.62 Å². The zero-order chi connectivity index (χ0) is 20.2. The number of amides is 1. The van der Waals surface area contributed by atoms with Crippen molar-refractivity contribution in [1.82, 2.24) is 5.32 Å². The second kappa shape index (κ2) is 7.95. The van der Waals surface area contributed by atoms with Crippen LogP contribution in [0.5, 0.6) is 0 Å². The lowest BCUT2D eigenvalue weighted by Gasteiger charge is -2.30. The number of nitrogens with zero attached hydrogens (tertiary/aromatic N) is 1. The number of hydrogen-bond acceptors (Lipinski definition) is 3. The lowest BCUT2D eigenvalue weighted by Crippen LogP contribution is -2.49. The second-order valence-corrected chi connectivity index (χ2v) is 7.41. The number of alkyl halides is 3. The van der Waals surface area contributed by atoms with Gasteiger partial charge in [0.25, 0.3) is 10.0 Å². The average molecular weight is 404 g/mol. The first-order valence-electron chi connectivity index (χ1n) is 7.72. The Kier molecular flexibility index (Phi) is 6.09. The van der Waals surface area contributed by atoms with Crippen molar-refractivity contribution in [3.63, 3.8) is 0 Å². The van der Waals surface area contributed by atoms with Crippen LogP contribution in [0, 0.1) is 5.82 Å². The lowest BCUT2D eigenvalue weighted by atomic mass is 10.2. The Balaban J connectivity index is 2.44. The highest BCUT2D eigenvalue weighted by atomic mass is 32.2. The molecule has 1 amide bonds. The fourth-order valence-electron chi connectivity index (χ4n) is 2.31. The first kappa shape index (κ1) is 20.7. The SMILES string of the molecule is CC(C(=O)NCC(F)(F)F)N(c1ccc(F)cc1)S(=O)(=O)c1ccccc1. The number of carbonyl (C=O) groups is 1. The number of nitrogens with one attached hydrogen (secondary N) is 1. The van der Waals surface area contributed by atoms with Crippen molar-refractivity contribution in [3.8, 4) is 0 Å². The zero-order valence-electron chi connectivity index (χ0n) is 14.1. The van der Waals surface area contributed by atoms with Crippen LogP contribution in [0.25, 0.3) is 0 Å². The van der Waals surface area contributed by atoms with Gasteiger partial charge in [0.15, 0.2) is 0 Å². The number of halogens is 4. The number of carbonyl (C=O) groups excluding carboxylic acids is 1. The van der Waals surface area contributed by atoms with Gasteiger partial charge in [0.05, 0.1) is 10.6 Å². The van der Waals surface area contributed by atoms with E-state index in [1.807, 2.05) is 0 Å². The van der Waals surface area contributed by atoms with E-state index in [-0.39, 0.29) is 10.6 Å². The van der Waals surface area contributed by atoms with Crippen LogP contribution in [-0.4, -0.2) is 33.1 Å². The molecule has 27 heavy (non-hydrogen) atoms. The molecule has 0 radical (unpaired) electrons. The van der Waals surface area contributed by atoms with Crippen LogP contribution in [0.1, 0.15) is 6.92 Å². The van der Waals surface area contributed by atoms with E-state index in [4.69, 9.17) is 0 Å². The molecule has 2 rings (SSSR count). The van der Waals surface area contributed by atoms with Gasteiger partial charge in [-0.1, -0.05) is 18.2 Å². The summed E-state index contributed by atoms with van der Waals surface area (Å²) in [5.41, 5.74) is -0.0603. The van der Waals surface area contributed by atoms with Crippen molar-refractivity contribution in [2.24, 2.45) is 0 Å². The summed E-state index contributed by atoms with van der Waals surface area (Å²) in [6, 6.07) is 9.80. The Bertz CT molecular complexity index is 885. The zero-order valence-corrected chi connectivity index (χ0v) is 14.9. The largest absolute Gasteiger partial charge is 0.405 e. The molecule has 10 heteroatoms. The first-order valence-corrected chi connectivity index (χ1v) is 9.16. The molecule has 1 atom stereocenters. The number of sulfonamides is 1. The summed E-state index contributed by atoms with van der Waals surface area (Å²) in [6.07, 6.45) is -4.64. The maximum Gasteiger partial charge on any atom is 0.405 e. The van der Waals surface area contributed by atoms with Crippen molar-refractivity contribution >= 4 is 21.6 Å². The minimum Gasteiger partial charge on any atom is -0.345 e. The van der Waals surface area contributed by atoms with E-state index in [1.54, 1.807) is 11.4 Å². The van der Waals surface area contributed by atoms with Gasteiger partial charge in [-0.05, 0) is 43.3 Å². The van der Waals surface area contributed by atoms with Gasteiger partial charge in [-0.15, -0.1) is 0 Å². The van der Waals surface area contributed by atoms with Crippen LogP contribution >= 0.6 is 0 Å². The van der Waals surface area contributed by atoms with Gasteiger partial charge in [0, 0.05) is 0 Å². The highest BCUT2D eigenvalue weighted by Gasteiger charge is 2.35. The standard InChI is InChI=1S/C17H16F4N2O3S/c1-12(16(24)22-11-17(19,20)21)23(14-9-7-13(18)8-10-14)27(25,26)15-5-3-2-4-6-15/h2-10,12H,11H2,1H3,(H,22,24). The summed E-state index contributed by atoms with van der Waals surface area (Å²) in [5.74, 6) is -1.78. The second-order valence-electron chi connectivity index (χ2n) is 5.60. The molecule has 5 nitrogen and oxygen atoms in total. The van der Waals surface area contributed by atoms with Gasteiger partial charge in [0.1, 0.15) is 18.4 Å². The molecule has 0 heterocycles. The molecule has 1 unspecified atom stereocenters. The molecule has 2 aromatic rings. The molecule has 2 aromatic carbocycles. The van der Waals surface area contributed by atoms with E-state index in [9.17, 15) is 30.8 Å². The summed E-state index contributed by atoms with van der Waals surface area (Å²) < 4.78 is 76.9. The van der Waals surface area contributed by atoms with E-state index >= 15 is 0 Å². The van der Waals surface area contributed by atoms with E-state index in [0.717, 1.165) is 31.2 Å². The summed E-state index contributed by atoms with van der Waals surface area (Å²) >= 11 is 0. The molecular weight excluding hydrogens is 388 g/mol. The predicted octanol–water partition coefficient (Wildman–Crippen LogP) is 3.09. The summed E-state index contributed by atoms with van der Waals surface area (Å²) in [4.78, 5) is 12.0. The normalized spacial score (nSPS) is 13.1. The van der Waals surface area contributed by atoms with Crippen LogP contribution in [-0.2, 0) is 14.8 Å². The molecular formula is C17H16F4N2O3S. The molecule has 0 aliphatic carbocycles. The predicted molar refractivity (Wildman–Crippen MR) is 91.0 cm³/mol. The number of benzene rings is 2. The van der Waals surface area contributed by atoms with Crippen LogP contribution in [0.15, 0.2) is 59.5 Å². The lowest BCUT2D eigenvalue weighted by molar-refractivity contribution is -0.138. The molecule has 0 saturated heterocycles. The molecule has 0 aliphatic heterocycles. The quantitative estimate of drug-likeness (QED) is 0.753. The minimum atomic E-state index is -4.64. The molecule has 0 fully saturated rings. The Morgan fingerprint density at radius 3 is 2.15 bits per heavy atom. The van der Waals surface area contributed by atoms with Gasteiger partial charge < -0.3 is 5.32 Å². The van der Waals surface area contributed by atoms with E-state index in [2.05, 4.69) is 0 Å². The summed E-state index contributed by atoms with van der Waals surface area (Å²) in [7, 11) is -4.30. The van der Waals surface area contributed by atoms with Crippen molar-refractivity contribution in [1.29, 1.82) is 0 Å². The molecule has 0 aliphatic rings. The number of hydrogen-bond donors (Lipinski definition) is 1. The maximum absolute atomic E-state index is 13.2. The van der Waals surface area contributed by atoms with E-state index < -0.39 is 40.5 Å². The van der Waals surface area contributed by atoms with Crippen molar-refractivity contribution in [2.45, 2.75) is 24.0 Å². The van der Waals surface area contributed by atoms with E-state index in [1.165, 1.54) is 24.3 Å². The third-order valence-electron chi connectivity index (χ3n) is 3.58. The molecule has 0 aromatic heterocycles. The van der Waals surface area contributed by atoms with Gasteiger partial charge in [0.2, 0.25) is 5.91 Å². The van der Waals surface area contributed by atoms with Crippen molar-refractivity contribution < 1.29 is 30.8 Å². The van der Waals surface area contributed by atoms with E-state index in [0.29, 0.717) is 4.31 Å². The highest BCUT2D eigenvalue weighted by Crippen LogP contribution is 2.26. The molecule has 0 bridgehead atoms. The third kappa shape index (κ3) is 5.19. The Morgan fingerprint density at radius 1 is 1.07 bits per heavy atom. The van der Waals surface area contributed by atoms with Crippen LogP contribution in [0.2, 0.25) is 0 Å². The fourth-order valence-corrected chi connectivity index (χ4v) is 3.95. The van der Waals surface area contributed by atoms with Gasteiger partial charge in [-0.2, -0.15) is 13.2 Å². The Morgan fingerprint density at radius 2 is 1.63 bits per heavy atom. The maximum atomic E-state index is 13.2. The average Bonchev–Trinajstić information content (AvgIpc) is 2.61. The highest BCUT2D eigenvalue weighted by molar-refractivity contribution is 7.92. The summed E-state index contributed by atoms with van der Waals surface area (Å²) in [5, 5.41) is 1.66. The molecule has 0 saturated carbocycles. The first-order chi connectivity index (χ1) is 12.5. The smallest absolute Gasteiger partial charge is 0.345 e. The Hall–Kier alpha value is -2.62.